The number of carbonyl (C=O) groups excluding carboxylic acids is 1. The van der Waals surface area contributed by atoms with Crippen LogP contribution in [-0.4, -0.2) is 63.0 Å². The van der Waals surface area contributed by atoms with Crippen molar-refractivity contribution in [3.8, 4) is 0 Å². The van der Waals surface area contributed by atoms with Gasteiger partial charge in [0, 0.05) is 11.8 Å². The van der Waals surface area contributed by atoms with Gasteiger partial charge in [-0.25, -0.2) is 13.2 Å². The maximum Gasteiger partial charge on any atom is 0.330 e. The van der Waals surface area contributed by atoms with Crippen LogP contribution in [0.3, 0.4) is 0 Å². The highest BCUT2D eigenvalue weighted by atomic mass is 32.2. The predicted octanol–water partition coefficient (Wildman–Crippen LogP) is 0.117. The number of quaternary nitrogens is 1. The summed E-state index contributed by atoms with van der Waals surface area (Å²) in [6.45, 7) is 4.93. The molecular formula is C11H21NO5S. The van der Waals surface area contributed by atoms with E-state index in [2.05, 4.69) is 6.58 Å². The number of carbonyl (C=O) groups is 1. The van der Waals surface area contributed by atoms with Crippen molar-refractivity contribution in [2.45, 2.75) is 12.8 Å². The van der Waals surface area contributed by atoms with E-state index in [1.165, 1.54) is 0 Å². The second-order valence-corrected chi connectivity index (χ2v) is 6.25. The first-order chi connectivity index (χ1) is 8.16. The van der Waals surface area contributed by atoms with Crippen LogP contribution in [0.1, 0.15) is 12.8 Å². The van der Waals surface area contributed by atoms with E-state index in [9.17, 15) is 17.8 Å². The SMILES string of the molecule is C=CC(=O)OCC[N+](C)(C)CCCCS(=O)(=O)[O-]. The third-order valence-corrected chi connectivity index (χ3v) is 3.30. The molecule has 0 aliphatic carbocycles. The fraction of sp³-hybridized carbons (Fsp3) is 0.727. The first-order valence-electron chi connectivity index (χ1n) is 5.71. The number of hydrogen-bond acceptors (Lipinski definition) is 5. The molecule has 0 unspecified atom stereocenters. The van der Waals surface area contributed by atoms with Gasteiger partial charge < -0.3 is 13.8 Å². The molecule has 0 N–H and O–H groups in total. The summed E-state index contributed by atoms with van der Waals surface area (Å²) in [5, 5.41) is 0. The second kappa shape index (κ2) is 7.50. The highest BCUT2D eigenvalue weighted by Gasteiger charge is 2.15. The van der Waals surface area contributed by atoms with Crippen molar-refractivity contribution in [3.05, 3.63) is 12.7 Å². The van der Waals surface area contributed by atoms with E-state index in [4.69, 9.17) is 4.74 Å². The third-order valence-electron chi connectivity index (χ3n) is 2.52. The van der Waals surface area contributed by atoms with Crippen LogP contribution in [-0.2, 0) is 19.6 Å². The van der Waals surface area contributed by atoms with Crippen molar-refractivity contribution in [1.29, 1.82) is 0 Å². The van der Waals surface area contributed by atoms with Gasteiger partial charge in [0.2, 0.25) is 0 Å². The van der Waals surface area contributed by atoms with Crippen molar-refractivity contribution in [2.24, 2.45) is 0 Å². The highest BCUT2D eigenvalue weighted by molar-refractivity contribution is 7.85. The normalized spacial score (nSPS) is 12.2. The molecule has 0 spiro atoms. The third kappa shape index (κ3) is 10.2. The minimum atomic E-state index is -4.11. The largest absolute Gasteiger partial charge is 0.748 e. The van der Waals surface area contributed by atoms with Gasteiger partial charge in [0.1, 0.15) is 13.2 Å². The maximum atomic E-state index is 10.8. The van der Waals surface area contributed by atoms with Gasteiger partial charge in [-0.2, -0.15) is 0 Å². The van der Waals surface area contributed by atoms with E-state index >= 15 is 0 Å². The number of rotatable bonds is 9. The molecule has 0 aromatic carbocycles. The van der Waals surface area contributed by atoms with E-state index < -0.39 is 16.1 Å². The van der Waals surface area contributed by atoms with Crippen LogP contribution in [0, 0.1) is 0 Å². The molecule has 0 bridgehead atoms. The Morgan fingerprint density at radius 3 is 2.44 bits per heavy atom. The Morgan fingerprint density at radius 2 is 1.94 bits per heavy atom. The number of unbranched alkanes of at least 4 members (excludes halogenated alkanes) is 1. The Bertz CT molecular complexity index is 375. The van der Waals surface area contributed by atoms with Gasteiger partial charge in [0.25, 0.3) is 0 Å². The van der Waals surface area contributed by atoms with Gasteiger partial charge in [-0.1, -0.05) is 6.58 Å². The van der Waals surface area contributed by atoms with Gasteiger partial charge in [-0.3, -0.25) is 0 Å². The fourth-order valence-corrected chi connectivity index (χ4v) is 1.94. The van der Waals surface area contributed by atoms with E-state index in [-0.39, 0.29) is 12.4 Å². The summed E-state index contributed by atoms with van der Waals surface area (Å²) < 4.78 is 36.7. The molecule has 0 aliphatic rings. The van der Waals surface area contributed by atoms with Crippen LogP contribution >= 0.6 is 0 Å². The lowest BCUT2D eigenvalue weighted by molar-refractivity contribution is -0.890. The van der Waals surface area contributed by atoms with Crippen molar-refractivity contribution in [2.75, 3.05) is 39.5 Å². The summed E-state index contributed by atoms with van der Waals surface area (Å²) in [7, 11) is -0.207. The summed E-state index contributed by atoms with van der Waals surface area (Å²) in [5.41, 5.74) is 0. The fourth-order valence-electron chi connectivity index (χ4n) is 1.38. The summed E-state index contributed by atoms with van der Waals surface area (Å²) >= 11 is 0. The molecule has 0 aromatic rings. The standard InChI is InChI=1S/C11H21NO5S/c1-4-11(13)17-9-8-12(2,3)7-5-6-10-18(14,15)16/h4H,1,5-10H2,2-3H3. The van der Waals surface area contributed by atoms with Crippen LogP contribution in [0.4, 0.5) is 0 Å². The van der Waals surface area contributed by atoms with E-state index in [0.29, 0.717) is 23.9 Å². The van der Waals surface area contributed by atoms with E-state index in [1.807, 2.05) is 14.1 Å². The zero-order valence-electron chi connectivity index (χ0n) is 10.9. The highest BCUT2D eigenvalue weighted by Crippen LogP contribution is 2.03. The Kier molecular flexibility index (Phi) is 7.12. The van der Waals surface area contributed by atoms with Crippen molar-refractivity contribution in [3.63, 3.8) is 0 Å². The zero-order chi connectivity index (χ0) is 14.2. The van der Waals surface area contributed by atoms with Crippen LogP contribution in [0.5, 0.6) is 0 Å². The molecule has 0 aromatic heterocycles. The lowest BCUT2D eigenvalue weighted by atomic mass is 10.3. The maximum absolute atomic E-state index is 10.8. The molecule has 0 saturated heterocycles. The molecule has 106 valence electrons. The van der Waals surface area contributed by atoms with Gasteiger partial charge in [-0.15, -0.1) is 0 Å². The van der Waals surface area contributed by atoms with Crippen molar-refractivity contribution in [1.82, 2.24) is 0 Å². The van der Waals surface area contributed by atoms with Crippen LogP contribution < -0.4 is 0 Å². The van der Waals surface area contributed by atoms with E-state index in [1.54, 1.807) is 0 Å². The number of nitrogens with zero attached hydrogens (tertiary/aromatic N) is 1. The molecule has 0 amide bonds. The first kappa shape index (κ1) is 17.1. The quantitative estimate of drug-likeness (QED) is 0.197. The van der Waals surface area contributed by atoms with Crippen LogP contribution in [0.25, 0.3) is 0 Å². The monoisotopic (exact) mass is 279 g/mol. The van der Waals surface area contributed by atoms with Gasteiger partial charge in [0.05, 0.1) is 30.8 Å². The minimum absolute atomic E-state index is 0.289. The lowest BCUT2D eigenvalue weighted by Gasteiger charge is -2.29. The lowest BCUT2D eigenvalue weighted by Crippen LogP contribution is -2.43. The zero-order valence-corrected chi connectivity index (χ0v) is 11.7. The molecular weight excluding hydrogens is 258 g/mol. The Balaban J connectivity index is 3.79. The molecule has 0 saturated carbocycles. The predicted molar refractivity (Wildman–Crippen MR) is 66.8 cm³/mol. The topological polar surface area (TPSA) is 83.5 Å². The van der Waals surface area contributed by atoms with Crippen molar-refractivity contribution >= 4 is 16.1 Å². The smallest absolute Gasteiger partial charge is 0.330 e. The van der Waals surface area contributed by atoms with Gasteiger partial charge in [-0.05, 0) is 12.8 Å². The summed E-state index contributed by atoms with van der Waals surface area (Å²) in [4.78, 5) is 10.8. The summed E-state index contributed by atoms with van der Waals surface area (Å²) in [6.07, 6.45) is 2.11. The van der Waals surface area contributed by atoms with Gasteiger partial charge in [0.15, 0.2) is 0 Å². The van der Waals surface area contributed by atoms with E-state index in [0.717, 1.165) is 12.6 Å². The Morgan fingerprint density at radius 1 is 1.33 bits per heavy atom. The molecule has 0 fully saturated rings. The minimum Gasteiger partial charge on any atom is -0.748 e. The van der Waals surface area contributed by atoms with Gasteiger partial charge >= 0.3 is 5.97 Å². The second-order valence-electron chi connectivity index (χ2n) is 4.72. The molecule has 7 heteroatoms. The van der Waals surface area contributed by atoms with Crippen molar-refractivity contribution < 1.29 is 27.0 Å². The molecule has 0 rings (SSSR count). The Labute approximate surface area is 109 Å². The number of likely N-dealkylation sites (N-methyl/N-ethyl adjacent to an activating group) is 1. The number of ether oxygens (including phenoxy) is 1. The molecule has 6 nitrogen and oxygen atoms in total. The van der Waals surface area contributed by atoms with Crippen LogP contribution in [0.2, 0.25) is 0 Å². The Hall–Kier alpha value is -0.920. The number of hydrogen-bond donors (Lipinski definition) is 0. The average Bonchev–Trinajstić information content (AvgIpc) is 2.23. The molecule has 0 heterocycles. The average molecular weight is 279 g/mol. The molecule has 0 atom stereocenters. The molecule has 0 radical (unpaired) electrons. The molecule has 0 aliphatic heterocycles. The number of esters is 1. The summed E-state index contributed by atoms with van der Waals surface area (Å²) in [6, 6.07) is 0. The summed E-state index contributed by atoms with van der Waals surface area (Å²) in [5.74, 6) is -0.772. The van der Waals surface area contributed by atoms with Crippen LogP contribution in [0.15, 0.2) is 12.7 Å². The molecule has 18 heavy (non-hydrogen) atoms. The first-order valence-corrected chi connectivity index (χ1v) is 7.29.